The quantitative estimate of drug-likeness (QED) is 0.869. The lowest BCUT2D eigenvalue weighted by Crippen LogP contribution is -2.17. The van der Waals surface area contributed by atoms with E-state index < -0.39 is 11.0 Å². The second kappa shape index (κ2) is 5.88. The Balaban J connectivity index is 1.60. The maximum Gasteiger partial charge on any atom is 0.258 e. The van der Waals surface area contributed by atoms with Gasteiger partial charge in [-0.25, -0.2) is 8.89 Å². The Labute approximate surface area is 123 Å². The van der Waals surface area contributed by atoms with Crippen LogP contribution in [0, 0.1) is 0 Å². The first-order valence-electron chi connectivity index (χ1n) is 6.23. The predicted octanol–water partition coefficient (Wildman–Crippen LogP) is 0.491. The molecule has 0 radical (unpaired) electrons. The molecule has 1 aliphatic rings. The van der Waals surface area contributed by atoms with Crippen LogP contribution in [0.4, 0.5) is 0 Å². The Morgan fingerprint density at radius 1 is 1.38 bits per heavy atom. The maximum absolute atomic E-state index is 11.6. The molecule has 0 saturated heterocycles. The van der Waals surface area contributed by atoms with Crippen molar-refractivity contribution >= 4 is 21.9 Å². The summed E-state index contributed by atoms with van der Waals surface area (Å²) in [6.07, 6.45) is 8.65. The second-order valence-electron chi connectivity index (χ2n) is 4.30. The number of aromatic nitrogens is 3. The van der Waals surface area contributed by atoms with Gasteiger partial charge in [-0.1, -0.05) is 0 Å². The highest BCUT2D eigenvalue weighted by atomic mass is 32.2. The van der Waals surface area contributed by atoms with Crippen LogP contribution < -0.4 is 9.46 Å². The van der Waals surface area contributed by atoms with Crippen molar-refractivity contribution in [1.82, 2.24) is 19.5 Å². The van der Waals surface area contributed by atoms with Crippen molar-refractivity contribution in [3.63, 3.8) is 0 Å². The molecule has 1 unspecified atom stereocenters. The number of amides is 1. The van der Waals surface area contributed by atoms with E-state index in [4.69, 9.17) is 4.74 Å². The Bertz CT molecular complexity index is 711. The highest BCUT2D eigenvalue weighted by Gasteiger charge is 2.21. The molecule has 3 rings (SSSR count). The first-order chi connectivity index (χ1) is 10.2. The molecular weight excluding hydrogens is 292 g/mol. The van der Waals surface area contributed by atoms with Gasteiger partial charge in [0.15, 0.2) is 16.0 Å². The first kappa shape index (κ1) is 13.5. The van der Waals surface area contributed by atoms with E-state index in [1.807, 2.05) is 6.07 Å². The molecule has 1 N–H and O–H groups in total. The third kappa shape index (κ3) is 3.16. The lowest BCUT2D eigenvalue weighted by Gasteiger charge is -2.03. The van der Waals surface area contributed by atoms with E-state index in [0.29, 0.717) is 23.8 Å². The minimum Gasteiger partial charge on any atom is -0.492 e. The van der Waals surface area contributed by atoms with Crippen molar-refractivity contribution in [2.45, 2.75) is 6.42 Å². The number of nitrogens with zero attached hydrogens (tertiary/aromatic N) is 3. The average molecular weight is 304 g/mol. The summed E-state index contributed by atoms with van der Waals surface area (Å²) in [6, 6.07) is 3.64. The number of carbonyl (C=O) groups excluding carboxylic acids is 1. The molecule has 2 aromatic heterocycles. The summed E-state index contributed by atoms with van der Waals surface area (Å²) in [5.41, 5.74) is 0.927. The Hall–Kier alpha value is -2.48. The van der Waals surface area contributed by atoms with E-state index >= 15 is 0 Å². The van der Waals surface area contributed by atoms with Crippen molar-refractivity contribution < 1.29 is 13.7 Å². The summed E-state index contributed by atoms with van der Waals surface area (Å²) >= 11 is 0. The molecule has 7 nitrogen and oxygen atoms in total. The number of pyridine rings is 1. The molecule has 108 valence electrons. The van der Waals surface area contributed by atoms with Gasteiger partial charge in [0.25, 0.3) is 5.91 Å². The molecule has 2 aromatic rings. The molecule has 0 aliphatic carbocycles. The fraction of sp³-hybridized carbons (Fsp3) is 0.154. The van der Waals surface area contributed by atoms with Crippen LogP contribution in [0.1, 0.15) is 5.56 Å². The van der Waals surface area contributed by atoms with E-state index in [-0.39, 0.29) is 5.91 Å². The summed E-state index contributed by atoms with van der Waals surface area (Å²) in [7, 11) is -1.54. The van der Waals surface area contributed by atoms with Gasteiger partial charge in [-0.15, -0.1) is 0 Å². The molecule has 0 aromatic carbocycles. The van der Waals surface area contributed by atoms with Crippen LogP contribution in [-0.2, 0) is 22.2 Å². The lowest BCUT2D eigenvalue weighted by molar-refractivity contribution is -0.114. The van der Waals surface area contributed by atoms with Crippen LogP contribution in [0.2, 0.25) is 0 Å². The van der Waals surface area contributed by atoms with Crippen LogP contribution in [0.5, 0.6) is 5.75 Å². The standard InChI is InChI=1S/C13H12N4O3S/c18-12-6-13(21(19)16-12)17-9-10(7-15-17)3-5-20-11-2-1-4-14-8-11/h1-2,4,6-9H,3,5H2,(H,16,18). The molecule has 0 spiro atoms. The SMILES string of the molecule is O=C1C=C(n2cc(CCOc3cccnc3)cn2)S(=O)N1. The zero-order valence-corrected chi connectivity index (χ0v) is 11.7. The third-order valence-corrected chi connectivity index (χ3v) is 3.86. The van der Waals surface area contributed by atoms with Gasteiger partial charge < -0.3 is 4.74 Å². The van der Waals surface area contributed by atoms with E-state index in [1.165, 1.54) is 10.8 Å². The van der Waals surface area contributed by atoms with Gasteiger partial charge in [0, 0.05) is 24.9 Å². The highest BCUT2D eigenvalue weighted by molar-refractivity contribution is 7.93. The van der Waals surface area contributed by atoms with Crippen molar-refractivity contribution in [3.05, 3.63) is 48.6 Å². The average Bonchev–Trinajstić information content (AvgIpc) is 3.06. The van der Waals surface area contributed by atoms with Crippen LogP contribution in [0.15, 0.2) is 43.0 Å². The summed E-state index contributed by atoms with van der Waals surface area (Å²) in [4.78, 5) is 15.1. The van der Waals surface area contributed by atoms with Crippen LogP contribution in [-0.4, -0.2) is 31.5 Å². The third-order valence-electron chi connectivity index (χ3n) is 2.79. The molecule has 1 atom stereocenters. The largest absolute Gasteiger partial charge is 0.492 e. The zero-order chi connectivity index (χ0) is 14.7. The Kier molecular flexibility index (Phi) is 3.78. The number of hydrogen-bond acceptors (Lipinski definition) is 5. The Morgan fingerprint density at radius 2 is 2.29 bits per heavy atom. The fourth-order valence-electron chi connectivity index (χ4n) is 1.82. The number of nitrogens with one attached hydrogen (secondary N) is 1. The Morgan fingerprint density at radius 3 is 3.00 bits per heavy atom. The van der Waals surface area contributed by atoms with Gasteiger partial charge in [-0.2, -0.15) is 5.10 Å². The van der Waals surface area contributed by atoms with Gasteiger partial charge >= 0.3 is 0 Å². The molecule has 0 bridgehead atoms. The molecular formula is C13H12N4O3S. The lowest BCUT2D eigenvalue weighted by atomic mass is 10.3. The fourth-order valence-corrected chi connectivity index (χ4v) is 2.65. The van der Waals surface area contributed by atoms with Gasteiger partial charge in [0.2, 0.25) is 0 Å². The van der Waals surface area contributed by atoms with Crippen LogP contribution in [0.25, 0.3) is 5.03 Å². The number of hydrogen-bond donors (Lipinski definition) is 1. The number of carbonyl (C=O) groups is 1. The molecule has 0 saturated carbocycles. The summed E-state index contributed by atoms with van der Waals surface area (Å²) in [6.45, 7) is 0.483. The number of ether oxygens (including phenoxy) is 1. The summed E-state index contributed by atoms with van der Waals surface area (Å²) in [5.74, 6) is 0.333. The molecule has 1 aliphatic heterocycles. The predicted molar refractivity (Wildman–Crippen MR) is 76.2 cm³/mol. The second-order valence-corrected chi connectivity index (χ2v) is 5.46. The van der Waals surface area contributed by atoms with Gasteiger partial charge in [-0.3, -0.25) is 14.5 Å². The first-order valence-corrected chi connectivity index (χ1v) is 7.38. The molecule has 8 heteroatoms. The topological polar surface area (TPSA) is 86.1 Å². The number of rotatable bonds is 5. The van der Waals surface area contributed by atoms with Gasteiger partial charge in [-0.05, 0) is 17.7 Å². The summed E-state index contributed by atoms with van der Waals surface area (Å²) in [5, 5.41) is 4.44. The highest BCUT2D eigenvalue weighted by Crippen LogP contribution is 2.14. The summed E-state index contributed by atoms with van der Waals surface area (Å²) < 4.78 is 20.9. The zero-order valence-electron chi connectivity index (χ0n) is 10.9. The van der Waals surface area contributed by atoms with Crippen LogP contribution >= 0.6 is 0 Å². The van der Waals surface area contributed by atoms with Crippen LogP contribution in [0.3, 0.4) is 0 Å². The van der Waals surface area contributed by atoms with Gasteiger partial charge in [0.1, 0.15) is 5.75 Å². The van der Waals surface area contributed by atoms with Crippen molar-refractivity contribution in [1.29, 1.82) is 0 Å². The van der Waals surface area contributed by atoms with Crippen molar-refractivity contribution in [2.24, 2.45) is 0 Å². The normalized spacial score (nSPS) is 17.4. The van der Waals surface area contributed by atoms with Crippen molar-refractivity contribution in [3.8, 4) is 5.75 Å². The van der Waals surface area contributed by atoms with E-state index in [9.17, 15) is 9.00 Å². The van der Waals surface area contributed by atoms with E-state index in [2.05, 4.69) is 14.8 Å². The molecule has 3 heterocycles. The smallest absolute Gasteiger partial charge is 0.258 e. The van der Waals surface area contributed by atoms with E-state index in [1.54, 1.807) is 30.9 Å². The van der Waals surface area contributed by atoms with E-state index in [0.717, 1.165) is 5.56 Å². The molecule has 21 heavy (non-hydrogen) atoms. The monoisotopic (exact) mass is 304 g/mol. The van der Waals surface area contributed by atoms with Gasteiger partial charge in [0.05, 0.1) is 19.0 Å². The minimum atomic E-state index is -1.54. The molecule has 1 amide bonds. The minimum absolute atomic E-state index is 0.333. The van der Waals surface area contributed by atoms with Crippen molar-refractivity contribution in [2.75, 3.05) is 6.61 Å². The molecule has 0 fully saturated rings. The maximum atomic E-state index is 11.6.